The van der Waals surface area contributed by atoms with Gasteiger partial charge < -0.3 is 16.1 Å². The third-order valence-corrected chi connectivity index (χ3v) is 2.80. The van der Waals surface area contributed by atoms with Crippen LogP contribution in [-0.4, -0.2) is 24.0 Å². The molecule has 0 spiro atoms. The summed E-state index contributed by atoms with van der Waals surface area (Å²) in [5, 5.41) is 17.6. The van der Waals surface area contributed by atoms with Crippen LogP contribution < -0.4 is 5.32 Å². The molecule has 1 aliphatic rings. The maximum Gasteiger partial charge on any atom is 0.230 e. The van der Waals surface area contributed by atoms with Gasteiger partial charge in [0, 0.05) is 23.0 Å². The van der Waals surface area contributed by atoms with Crippen LogP contribution in [0, 0.1) is 10.8 Å². The number of halogens is 1. The summed E-state index contributed by atoms with van der Waals surface area (Å²) in [7, 11) is 0. The highest BCUT2D eigenvalue weighted by atomic mass is 35.5. The molecule has 0 unspecified atom stereocenters. The van der Waals surface area contributed by atoms with Gasteiger partial charge in [-0.15, -0.1) is 0 Å². The van der Waals surface area contributed by atoms with Gasteiger partial charge in [0.1, 0.15) is 0 Å². The van der Waals surface area contributed by atoms with Gasteiger partial charge in [0.2, 0.25) is 5.91 Å². The second-order valence-electron chi connectivity index (χ2n) is 3.88. The number of carbonyl (C=O) groups excluding carboxylic acids is 1. The Bertz CT molecular complexity index is 619. The minimum atomic E-state index is -0.225. The highest BCUT2D eigenvalue weighted by molar-refractivity contribution is 6.31. The molecule has 6 heteroatoms. The van der Waals surface area contributed by atoms with Gasteiger partial charge in [0.25, 0.3) is 0 Å². The number of fused-ring (bicyclic) bond motifs is 1. The van der Waals surface area contributed by atoms with Crippen molar-refractivity contribution in [1.29, 1.82) is 10.8 Å². The second-order valence-corrected chi connectivity index (χ2v) is 4.31. The van der Waals surface area contributed by atoms with E-state index in [1.54, 1.807) is 18.2 Å². The molecule has 0 saturated carbocycles. The number of amides is 1. The highest BCUT2D eigenvalue weighted by Crippen LogP contribution is 2.31. The van der Waals surface area contributed by atoms with Crippen molar-refractivity contribution in [2.75, 3.05) is 5.32 Å². The van der Waals surface area contributed by atoms with Crippen LogP contribution in [0.4, 0.5) is 11.4 Å². The number of nitrogens with zero attached hydrogens (tertiary/aromatic N) is 1. The van der Waals surface area contributed by atoms with E-state index < -0.39 is 0 Å². The highest BCUT2D eigenvalue weighted by Gasteiger charge is 2.17. The average Bonchev–Trinajstić information content (AvgIpc) is 2.53. The minimum Gasteiger partial charge on any atom is -0.324 e. The standard InChI is InChI=1S/C13H11ClN4O/c14-9-1-2-10-12(5-9)18-13(19)6-11(17-10)8(7-16)3-4-15/h1-5,7,15-16H,6H2,(H,18,19)/b8-3+,15-4?,16-7?. The zero-order chi connectivity index (χ0) is 13.8. The molecule has 1 aromatic carbocycles. The molecule has 1 aliphatic heterocycles. The average molecular weight is 275 g/mol. The first-order chi connectivity index (χ1) is 9.13. The van der Waals surface area contributed by atoms with Crippen LogP contribution >= 0.6 is 11.6 Å². The summed E-state index contributed by atoms with van der Waals surface area (Å²) in [5.74, 6) is -0.225. The van der Waals surface area contributed by atoms with Crippen molar-refractivity contribution in [2.24, 2.45) is 4.99 Å². The lowest BCUT2D eigenvalue weighted by Crippen LogP contribution is -2.16. The predicted molar refractivity (Wildman–Crippen MR) is 77.4 cm³/mol. The summed E-state index contributed by atoms with van der Waals surface area (Å²) in [6.07, 6.45) is 3.63. The van der Waals surface area contributed by atoms with E-state index in [1.807, 2.05) is 0 Å². The molecule has 5 nitrogen and oxygen atoms in total. The number of rotatable bonds is 3. The number of hydrogen-bond donors (Lipinski definition) is 3. The third-order valence-electron chi connectivity index (χ3n) is 2.57. The Morgan fingerprint density at radius 3 is 2.89 bits per heavy atom. The first kappa shape index (κ1) is 13.2. The summed E-state index contributed by atoms with van der Waals surface area (Å²) < 4.78 is 0. The van der Waals surface area contributed by atoms with E-state index in [-0.39, 0.29) is 12.3 Å². The lowest BCUT2D eigenvalue weighted by Gasteiger charge is -2.03. The Kier molecular flexibility index (Phi) is 3.87. The topological polar surface area (TPSA) is 89.2 Å². The Labute approximate surface area is 115 Å². The van der Waals surface area contributed by atoms with Gasteiger partial charge in [-0.3, -0.25) is 9.79 Å². The molecule has 3 N–H and O–H groups in total. The second kappa shape index (κ2) is 5.58. The van der Waals surface area contributed by atoms with Crippen LogP contribution in [0.2, 0.25) is 5.02 Å². The van der Waals surface area contributed by atoms with Crippen molar-refractivity contribution in [2.45, 2.75) is 6.42 Å². The van der Waals surface area contributed by atoms with Crippen LogP contribution in [0.5, 0.6) is 0 Å². The van der Waals surface area contributed by atoms with E-state index in [0.29, 0.717) is 27.7 Å². The number of nitrogens with one attached hydrogen (secondary N) is 3. The van der Waals surface area contributed by atoms with E-state index in [2.05, 4.69) is 10.3 Å². The zero-order valence-corrected chi connectivity index (χ0v) is 10.7. The molecule has 0 saturated heterocycles. The molecule has 0 aromatic heterocycles. The predicted octanol–water partition coefficient (Wildman–Crippen LogP) is 2.98. The van der Waals surface area contributed by atoms with Crippen molar-refractivity contribution in [3.63, 3.8) is 0 Å². The lowest BCUT2D eigenvalue weighted by atomic mass is 10.1. The Morgan fingerprint density at radius 1 is 1.42 bits per heavy atom. The molecule has 0 bridgehead atoms. The third kappa shape index (κ3) is 2.95. The van der Waals surface area contributed by atoms with Gasteiger partial charge in [-0.2, -0.15) is 0 Å². The minimum absolute atomic E-state index is 0.0569. The molecule has 2 rings (SSSR count). The van der Waals surface area contributed by atoms with Crippen molar-refractivity contribution >= 4 is 47.0 Å². The number of allylic oxidation sites excluding steroid dienone is 2. The molecular weight excluding hydrogens is 264 g/mol. The van der Waals surface area contributed by atoms with Gasteiger partial charge in [-0.1, -0.05) is 11.6 Å². The van der Waals surface area contributed by atoms with Crippen LogP contribution in [0.3, 0.4) is 0 Å². The number of benzene rings is 1. The SMILES string of the molecule is N=C/C=C(\C=N)C1=Nc2ccc(Cl)cc2NC(=O)C1. The van der Waals surface area contributed by atoms with E-state index in [0.717, 1.165) is 12.4 Å². The zero-order valence-electron chi connectivity index (χ0n) is 9.90. The van der Waals surface area contributed by atoms with E-state index in [4.69, 9.17) is 22.4 Å². The van der Waals surface area contributed by atoms with Crippen LogP contribution in [0.1, 0.15) is 6.42 Å². The monoisotopic (exact) mass is 274 g/mol. The van der Waals surface area contributed by atoms with Gasteiger partial charge in [-0.25, -0.2) is 0 Å². The molecule has 1 aromatic rings. The van der Waals surface area contributed by atoms with Crippen LogP contribution in [-0.2, 0) is 4.79 Å². The number of anilines is 1. The van der Waals surface area contributed by atoms with Gasteiger partial charge in [0.05, 0.1) is 23.5 Å². The number of hydrogen-bond acceptors (Lipinski definition) is 4. The molecule has 0 radical (unpaired) electrons. The number of carbonyl (C=O) groups is 1. The summed E-state index contributed by atoms with van der Waals surface area (Å²) in [5.41, 5.74) is 2.03. The smallest absolute Gasteiger partial charge is 0.230 e. The molecule has 19 heavy (non-hydrogen) atoms. The van der Waals surface area contributed by atoms with Gasteiger partial charge in [0.15, 0.2) is 0 Å². The summed E-state index contributed by atoms with van der Waals surface area (Å²) >= 11 is 5.88. The lowest BCUT2D eigenvalue weighted by molar-refractivity contribution is -0.115. The van der Waals surface area contributed by atoms with Crippen LogP contribution in [0.25, 0.3) is 0 Å². The summed E-state index contributed by atoms with van der Waals surface area (Å²) in [6.45, 7) is 0. The van der Waals surface area contributed by atoms with Crippen molar-refractivity contribution in [3.8, 4) is 0 Å². The molecule has 0 fully saturated rings. The quantitative estimate of drug-likeness (QED) is 0.727. The van der Waals surface area contributed by atoms with E-state index in [9.17, 15) is 4.79 Å². The summed E-state index contributed by atoms with van der Waals surface area (Å²) in [6, 6.07) is 5.02. The maximum atomic E-state index is 11.8. The normalized spacial score (nSPS) is 14.9. The fraction of sp³-hybridized carbons (Fsp3) is 0.0769. The van der Waals surface area contributed by atoms with Gasteiger partial charge in [-0.05, 0) is 24.3 Å². The Balaban J connectivity index is 2.54. The molecule has 0 atom stereocenters. The van der Waals surface area contributed by atoms with E-state index >= 15 is 0 Å². The summed E-state index contributed by atoms with van der Waals surface area (Å²) in [4.78, 5) is 16.2. The Morgan fingerprint density at radius 2 is 2.21 bits per heavy atom. The van der Waals surface area contributed by atoms with Gasteiger partial charge >= 0.3 is 0 Å². The first-order valence-corrected chi connectivity index (χ1v) is 5.90. The molecule has 1 heterocycles. The molecule has 0 aliphatic carbocycles. The molecule has 96 valence electrons. The fourth-order valence-corrected chi connectivity index (χ4v) is 1.89. The molecule has 1 amide bonds. The maximum absolute atomic E-state index is 11.8. The molecular formula is C13H11ClN4O. The largest absolute Gasteiger partial charge is 0.324 e. The van der Waals surface area contributed by atoms with Crippen molar-refractivity contribution in [3.05, 3.63) is 34.9 Å². The van der Waals surface area contributed by atoms with E-state index in [1.165, 1.54) is 6.08 Å². The fourth-order valence-electron chi connectivity index (χ4n) is 1.72. The number of aliphatic imine (C=N–C) groups is 1. The van der Waals surface area contributed by atoms with Crippen molar-refractivity contribution in [1.82, 2.24) is 0 Å². The Hall–Kier alpha value is -2.27. The van der Waals surface area contributed by atoms with Crippen LogP contribution in [0.15, 0.2) is 34.8 Å². The first-order valence-electron chi connectivity index (χ1n) is 5.52. The van der Waals surface area contributed by atoms with Crippen molar-refractivity contribution < 1.29 is 4.79 Å².